The predicted octanol–water partition coefficient (Wildman–Crippen LogP) is 3.15. The highest BCUT2D eigenvalue weighted by atomic mass is 32.1. The van der Waals surface area contributed by atoms with Gasteiger partial charge in [-0.25, -0.2) is 0 Å². The first kappa shape index (κ1) is 19.2. The molecule has 3 rings (SSSR count). The van der Waals surface area contributed by atoms with E-state index in [9.17, 15) is 0 Å². The van der Waals surface area contributed by atoms with E-state index in [-0.39, 0.29) is 0 Å². The van der Waals surface area contributed by atoms with Crippen molar-refractivity contribution in [3.8, 4) is 11.5 Å². The van der Waals surface area contributed by atoms with Crippen LogP contribution in [-0.2, 0) is 17.9 Å². The minimum Gasteiger partial charge on any atom is -0.493 e. The maximum atomic E-state index is 5.90. The summed E-state index contributed by atoms with van der Waals surface area (Å²) in [5, 5.41) is 5.60. The van der Waals surface area contributed by atoms with Crippen molar-refractivity contribution in [1.29, 1.82) is 0 Å². The number of nitrogens with zero attached hydrogens (tertiary/aromatic N) is 1. The normalized spacial score (nSPS) is 16.4. The minimum atomic E-state index is 0.509. The number of hydrogen-bond acceptors (Lipinski definition) is 6. The highest BCUT2D eigenvalue weighted by Crippen LogP contribution is 2.29. The summed E-state index contributed by atoms with van der Waals surface area (Å²) in [4.78, 5) is 3.67. The Morgan fingerprint density at radius 3 is 2.81 bits per heavy atom. The van der Waals surface area contributed by atoms with Crippen LogP contribution >= 0.6 is 11.3 Å². The second-order valence-corrected chi connectivity index (χ2v) is 7.51. The first-order valence-electron chi connectivity index (χ1n) is 9.11. The highest BCUT2D eigenvalue weighted by Gasteiger charge is 2.16. The highest BCUT2D eigenvalue weighted by molar-refractivity contribution is 7.09. The lowest BCUT2D eigenvalue weighted by Gasteiger charge is -2.32. The summed E-state index contributed by atoms with van der Waals surface area (Å²) in [6.07, 6.45) is 0. The van der Waals surface area contributed by atoms with Gasteiger partial charge in [-0.15, -0.1) is 11.3 Å². The average Bonchev–Trinajstić information content (AvgIpc) is 3.21. The molecule has 1 N–H and O–H groups in total. The van der Waals surface area contributed by atoms with Gasteiger partial charge in [-0.05, 0) is 36.1 Å². The number of rotatable bonds is 9. The summed E-state index contributed by atoms with van der Waals surface area (Å²) in [6.45, 7) is 8.33. The minimum absolute atomic E-state index is 0.509. The van der Waals surface area contributed by atoms with Crippen LogP contribution in [0.2, 0.25) is 0 Å². The third-order valence-corrected chi connectivity index (χ3v) is 5.47. The van der Waals surface area contributed by atoms with E-state index in [2.05, 4.69) is 40.7 Å². The van der Waals surface area contributed by atoms with Crippen LogP contribution in [0.15, 0.2) is 35.7 Å². The molecular weight excluding hydrogens is 348 g/mol. The molecule has 0 spiro atoms. The molecule has 1 aliphatic heterocycles. The van der Waals surface area contributed by atoms with E-state index in [1.165, 1.54) is 10.4 Å². The Hall–Kier alpha value is -1.60. The molecule has 0 aliphatic carbocycles. The molecule has 2 aromatic rings. The van der Waals surface area contributed by atoms with E-state index in [4.69, 9.17) is 14.2 Å². The third-order valence-electron chi connectivity index (χ3n) is 4.62. The monoisotopic (exact) mass is 376 g/mol. The van der Waals surface area contributed by atoms with Crippen LogP contribution in [0.4, 0.5) is 0 Å². The van der Waals surface area contributed by atoms with Crippen molar-refractivity contribution >= 4 is 11.3 Å². The van der Waals surface area contributed by atoms with Crippen LogP contribution < -0.4 is 14.8 Å². The van der Waals surface area contributed by atoms with Crippen LogP contribution in [0.5, 0.6) is 11.5 Å². The fourth-order valence-corrected chi connectivity index (χ4v) is 3.67. The van der Waals surface area contributed by atoms with Crippen molar-refractivity contribution in [1.82, 2.24) is 10.2 Å². The zero-order valence-electron chi connectivity index (χ0n) is 15.6. The molecule has 1 aliphatic rings. The second kappa shape index (κ2) is 9.92. The smallest absolute Gasteiger partial charge is 0.161 e. The van der Waals surface area contributed by atoms with E-state index in [0.29, 0.717) is 12.6 Å². The summed E-state index contributed by atoms with van der Waals surface area (Å²) in [5.74, 6) is 1.56. The number of nitrogens with one attached hydrogen (secondary N) is 1. The molecule has 2 heterocycles. The Balaban J connectivity index is 1.48. The molecule has 0 radical (unpaired) electrons. The zero-order chi connectivity index (χ0) is 18.2. The van der Waals surface area contributed by atoms with Gasteiger partial charge in [0.05, 0.1) is 20.3 Å². The molecule has 1 fully saturated rings. The van der Waals surface area contributed by atoms with E-state index in [0.717, 1.165) is 50.9 Å². The van der Waals surface area contributed by atoms with E-state index in [1.54, 1.807) is 18.4 Å². The summed E-state index contributed by atoms with van der Waals surface area (Å²) < 4.78 is 16.8. The van der Waals surface area contributed by atoms with Crippen molar-refractivity contribution in [3.63, 3.8) is 0 Å². The molecule has 6 heteroatoms. The van der Waals surface area contributed by atoms with Crippen molar-refractivity contribution in [2.45, 2.75) is 26.1 Å². The summed E-state index contributed by atoms with van der Waals surface area (Å²) in [5.41, 5.74) is 1.19. The first-order chi connectivity index (χ1) is 12.8. The Morgan fingerprint density at radius 2 is 2.08 bits per heavy atom. The van der Waals surface area contributed by atoms with Gasteiger partial charge in [-0.1, -0.05) is 12.1 Å². The largest absolute Gasteiger partial charge is 0.493 e. The van der Waals surface area contributed by atoms with Crippen molar-refractivity contribution in [2.24, 2.45) is 0 Å². The summed E-state index contributed by atoms with van der Waals surface area (Å²) in [6, 6.07) is 10.8. The predicted molar refractivity (Wildman–Crippen MR) is 105 cm³/mol. The Kier molecular flexibility index (Phi) is 7.32. The second-order valence-electron chi connectivity index (χ2n) is 6.48. The SMILES string of the molecule is COc1cc(CNCC(C)N2CCOCC2)ccc1OCc1cccs1. The molecule has 5 nitrogen and oxygen atoms in total. The average molecular weight is 377 g/mol. The van der Waals surface area contributed by atoms with Gasteiger partial charge in [0.1, 0.15) is 6.61 Å². The zero-order valence-corrected chi connectivity index (χ0v) is 16.4. The van der Waals surface area contributed by atoms with Crippen LogP contribution in [0.1, 0.15) is 17.4 Å². The van der Waals surface area contributed by atoms with E-state index >= 15 is 0 Å². The third kappa shape index (κ3) is 5.45. The van der Waals surface area contributed by atoms with Crippen molar-refractivity contribution in [3.05, 3.63) is 46.2 Å². The van der Waals surface area contributed by atoms with E-state index < -0.39 is 0 Å². The fraction of sp³-hybridized carbons (Fsp3) is 0.500. The molecule has 26 heavy (non-hydrogen) atoms. The van der Waals surface area contributed by atoms with Gasteiger partial charge < -0.3 is 19.5 Å². The molecule has 142 valence electrons. The van der Waals surface area contributed by atoms with Crippen LogP contribution in [0.25, 0.3) is 0 Å². The lowest BCUT2D eigenvalue weighted by Crippen LogP contribution is -2.46. The molecule has 1 aromatic heterocycles. The summed E-state index contributed by atoms with van der Waals surface area (Å²) >= 11 is 1.70. The number of methoxy groups -OCH3 is 1. The lowest BCUT2D eigenvalue weighted by atomic mass is 10.2. The van der Waals surface area contributed by atoms with Crippen LogP contribution in [0.3, 0.4) is 0 Å². The van der Waals surface area contributed by atoms with Gasteiger partial charge in [0.25, 0.3) is 0 Å². The van der Waals surface area contributed by atoms with Gasteiger partial charge in [0, 0.05) is 37.1 Å². The van der Waals surface area contributed by atoms with E-state index in [1.807, 2.05) is 12.1 Å². The van der Waals surface area contributed by atoms with Gasteiger partial charge in [0.2, 0.25) is 0 Å². The molecular formula is C20H28N2O3S. The van der Waals surface area contributed by atoms with Gasteiger partial charge >= 0.3 is 0 Å². The first-order valence-corrected chi connectivity index (χ1v) is 9.99. The lowest BCUT2D eigenvalue weighted by molar-refractivity contribution is 0.0203. The van der Waals surface area contributed by atoms with Crippen molar-refractivity contribution in [2.75, 3.05) is 40.0 Å². The maximum absolute atomic E-state index is 5.90. The molecule has 1 aromatic carbocycles. The van der Waals surface area contributed by atoms with Gasteiger partial charge in [-0.2, -0.15) is 0 Å². The molecule has 0 saturated carbocycles. The number of ether oxygens (including phenoxy) is 3. The van der Waals surface area contributed by atoms with Crippen LogP contribution in [0, 0.1) is 0 Å². The maximum Gasteiger partial charge on any atom is 0.161 e. The quantitative estimate of drug-likeness (QED) is 0.728. The molecule has 0 amide bonds. The fourth-order valence-electron chi connectivity index (χ4n) is 3.06. The topological polar surface area (TPSA) is 43.0 Å². The van der Waals surface area contributed by atoms with Gasteiger partial charge in [0.15, 0.2) is 11.5 Å². The Labute approximate surface area is 159 Å². The Morgan fingerprint density at radius 1 is 1.23 bits per heavy atom. The Bertz CT molecular complexity index is 657. The standard InChI is InChI=1S/C20H28N2O3S/c1-16(22-7-9-24-10-8-22)13-21-14-17-5-6-19(20(12-17)23-2)25-15-18-4-3-11-26-18/h3-6,11-12,16,21H,7-10,13-15H2,1-2H3. The number of benzene rings is 1. The van der Waals surface area contributed by atoms with Gasteiger partial charge in [-0.3, -0.25) is 4.90 Å². The van der Waals surface area contributed by atoms with Crippen LogP contribution in [-0.4, -0.2) is 50.9 Å². The summed E-state index contributed by atoms with van der Waals surface area (Å²) in [7, 11) is 1.69. The number of morpholine rings is 1. The number of hydrogen-bond donors (Lipinski definition) is 1. The van der Waals surface area contributed by atoms with Crippen molar-refractivity contribution < 1.29 is 14.2 Å². The molecule has 1 unspecified atom stereocenters. The molecule has 0 bridgehead atoms. The number of thiophene rings is 1. The molecule has 1 atom stereocenters. The molecule has 1 saturated heterocycles.